The molecule has 0 radical (unpaired) electrons. The van der Waals surface area contributed by atoms with Gasteiger partial charge in [-0.2, -0.15) is 0 Å². The molecule has 2 N–H and O–H groups in total. The second kappa shape index (κ2) is 5.10. The summed E-state index contributed by atoms with van der Waals surface area (Å²) in [4.78, 5) is 1.40. The van der Waals surface area contributed by atoms with Crippen molar-refractivity contribution >= 4 is 11.3 Å². The van der Waals surface area contributed by atoms with Crippen molar-refractivity contribution in [1.29, 1.82) is 0 Å². The van der Waals surface area contributed by atoms with Gasteiger partial charge >= 0.3 is 0 Å². The molecule has 1 fully saturated rings. The molecule has 1 saturated carbocycles. The highest BCUT2D eigenvalue weighted by molar-refractivity contribution is 7.10. The SMILES string of the molecule is C[C@H](NC1CCC(O)CC1)c1cccs1. The van der Waals surface area contributed by atoms with Crippen molar-refractivity contribution in [3.8, 4) is 0 Å². The first kappa shape index (κ1) is 11.1. The number of aliphatic hydroxyl groups is 1. The lowest BCUT2D eigenvalue weighted by molar-refractivity contribution is 0.114. The van der Waals surface area contributed by atoms with Crippen LogP contribution in [0.2, 0.25) is 0 Å². The fraction of sp³-hybridized carbons (Fsp3) is 0.667. The highest BCUT2D eigenvalue weighted by Gasteiger charge is 2.20. The summed E-state index contributed by atoms with van der Waals surface area (Å²) in [6.07, 6.45) is 4.07. The zero-order valence-electron chi connectivity index (χ0n) is 9.15. The van der Waals surface area contributed by atoms with Gasteiger partial charge < -0.3 is 10.4 Å². The van der Waals surface area contributed by atoms with E-state index >= 15 is 0 Å². The molecule has 0 aliphatic heterocycles. The van der Waals surface area contributed by atoms with E-state index in [0.29, 0.717) is 12.1 Å². The van der Waals surface area contributed by atoms with Gasteiger partial charge in [0, 0.05) is 17.0 Å². The van der Waals surface area contributed by atoms with Gasteiger partial charge in [-0.05, 0) is 44.1 Å². The number of aliphatic hydroxyl groups excluding tert-OH is 1. The molecule has 2 rings (SSSR count). The minimum atomic E-state index is -0.0555. The average molecular weight is 225 g/mol. The summed E-state index contributed by atoms with van der Waals surface area (Å²) in [6.45, 7) is 2.22. The molecule has 1 aliphatic rings. The summed E-state index contributed by atoms with van der Waals surface area (Å²) in [6, 6.07) is 5.32. The van der Waals surface area contributed by atoms with Crippen molar-refractivity contribution < 1.29 is 5.11 Å². The molecule has 1 heterocycles. The molecule has 0 unspecified atom stereocenters. The number of rotatable bonds is 3. The van der Waals surface area contributed by atoms with Gasteiger partial charge in [0.15, 0.2) is 0 Å². The molecule has 0 aromatic carbocycles. The third-order valence-corrected chi connectivity index (χ3v) is 4.21. The molecule has 3 heteroatoms. The molecule has 1 aliphatic carbocycles. The van der Waals surface area contributed by atoms with Gasteiger partial charge in [0.05, 0.1) is 6.10 Å². The van der Waals surface area contributed by atoms with Crippen molar-refractivity contribution in [2.45, 2.75) is 50.8 Å². The molecular weight excluding hydrogens is 206 g/mol. The summed E-state index contributed by atoms with van der Waals surface area (Å²) in [5.41, 5.74) is 0. The zero-order valence-corrected chi connectivity index (χ0v) is 9.96. The molecule has 0 amide bonds. The van der Waals surface area contributed by atoms with Gasteiger partial charge in [-0.15, -0.1) is 11.3 Å². The van der Waals surface area contributed by atoms with Crippen LogP contribution in [0, 0.1) is 0 Å². The van der Waals surface area contributed by atoms with E-state index in [9.17, 15) is 5.11 Å². The Kier molecular flexibility index (Phi) is 3.78. The summed E-state index contributed by atoms with van der Waals surface area (Å²) in [7, 11) is 0. The number of hydrogen-bond acceptors (Lipinski definition) is 3. The monoisotopic (exact) mass is 225 g/mol. The maximum atomic E-state index is 9.42. The molecule has 15 heavy (non-hydrogen) atoms. The van der Waals surface area contributed by atoms with Gasteiger partial charge in [0.1, 0.15) is 0 Å². The molecular formula is C12H19NOS. The predicted molar refractivity (Wildman–Crippen MR) is 64.1 cm³/mol. The van der Waals surface area contributed by atoms with Crippen molar-refractivity contribution in [3.63, 3.8) is 0 Å². The van der Waals surface area contributed by atoms with Crippen LogP contribution in [-0.4, -0.2) is 17.3 Å². The fourth-order valence-corrected chi connectivity index (χ4v) is 2.96. The molecule has 0 spiro atoms. The minimum absolute atomic E-state index is 0.0555. The Morgan fingerprint density at radius 2 is 2.13 bits per heavy atom. The summed E-state index contributed by atoms with van der Waals surface area (Å²) >= 11 is 1.81. The van der Waals surface area contributed by atoms with E-state index in [-0.39, 0.29) is 6.10 Å². The highest BCUT2D eigenvalue weighted by atomic mass is 32.1. The van der Waals surface area contributed by atoms with E-state index < -0.39 is 0 Å². The summed E-state index contributed by atoms with van der Waals surface area (Å²) in [5, 5.41) is 15.2. The van der Waals surface area contributed by atoms with Gasteiger partial charge in [0.25, 0.3) is 0 Å². The van der Waals surface area contributed by atoms with Crippen LogP contribution in [-0.2, 0) is 0 Å². The van der Waals surface area contributed by atoms with Crippen LogP contribution in [0.25, 0.3) is 0 Å². The van der Waals surface area contributed by atoms with E-state index in [1.165, 1.54) is 4.88 Å². The second-order valence-corrected chi connectivity index (χ2v) is 5.39. The minimum Gasteiger partial charge on any atom is -0.393 e. The molecule has 84 valence electrons. The van der Waals surface area contributed by atoms with Crippen LogP contribution in [0.5, 0.6) is 0 Å². The molecule has 1 atom stereocenters. The van der Waals surface area contributed by atoms with Gasteiger partial charge in [-0.1, -0.05) is 6.07 Å². The maximum absolute atomic E-state index is 9.42. The van der Waals surface area contributed by atoms with Crippen LogP contribution in [0.1, 0.15) is 43.5 Å². The molecule has 0 bridgehead atoms. The van der Waals surface area contributed by atoms with Crippen LogP contribution in [0.4, 0.5) is 0 Å². The van der Waals surface area contributed by atoms with E-state index in [1.807, 2.05) is 11.3 Å². The van der Waals surface area contributed by atoms with Crippen LogP contribution in [0.3, 0.4) is 0 Å². The van der Waals surface area contributed by atoms with Crippen LogP contribution in [0.15, 0.2) is 17.5 Å². The Balaban J connectivity index is 1.82. The zero-order chi connectivity index (χ0) is 10.7. The number of thiophene rings is 1. The largest absolute Gasteiger partial charge is 0.393 e. The molecule has 1 aromatic rings. The van der Waals surface area contributed by atoms with Crippen molar-refractivity contribution in [2.24, 2.45) is 0 Å². The topological polar surface area (TPSA) is 32.3 Å². The smallest absolute Gasteiger partial charge is 0.0541 e. The Morgan fingerprint density at radius 1 is 1.40 bits per heavy atom. The number of nitrogens with one attached hydrogen (secondary N) is 1. The predicted octanol–water partition coefficient (Wildman–Crippen LogP) is 2.70. The maximum Gasteiger partial charge on any atom is 0.0541 e. The first-order chi connectivity index (χ1) is 7.25. The van der Waals surface area contributed by atoms with Gasteiger partial charge in [0.2, 0.25) is 0 Å². The normalized spacial score (nSPS) is 28.9. The fourth-order valence-electron chi connectivity index (χ4n) is 2.22. The van der Waals surface area contributed by atoms with Gasteiger partial charge in [-0.3, -0.25) is 0 Å². The lowest BCUT2D eigenvalue weighted by Gasteiger charge is -2.28. The van der Waals surface area contributed by atoms with E-state index in [1.54, 1.807) is 0 Å². The van der Waals surface area contributed by atoms with Crippen molar-refractivity contribution in [3.05, 3.63) is 22.4 Å². The van der Waals surface area contributed by atoms with Crippen LogP contribution >= 0.6 is 11.3 Å². The summed E-state index contributed by atoms with van der Waals surface area (Å²) in [5.74, 6) is 0. The lowest BCUT2D eigenvalue weighted by Crippen LogP contribution is -2.35. The lowest BCUT2D eigenvalue weighted by atomic mass is 9.92. The molecule has 0 saturated heterocycles. The first-order valence-electron chi connectivity index (χ1n) is 5.73. The van der Waals surface area contributed by atoms with Crippen molar-refractivity contribution in [1.82, 2.24) is 5.32 Å². The van der Waals surface area contributed by atoms with Crippen LogP contribution < -0.4 is 5.32 Å². The summed E-state index contributed by atoms with van der Waals surface area (Å²) < 4.78 is 0. The van der Waals surface area contributed by atoms with Crippen molar-refractivity contribution in [2.75, 3.05) is 0 Å². The molecule has 1 aromatic heterocycles. The Morgan fingerprint density at radius 3 is 2.73 bits per heavy atom. The third-order valence-electron chi connectivity index (χ3n) is 3.15. The Hall–Kier alpha value is -0.380. The number of hydrogen-bond donors (Lipinski definition) is 2. The first-order valence-corrected chi connectivity index (χ1v) is 6.61. The second-order valence-electron chi connectivity index (χ2n) is 4.41. The highest BCUT2D eigenvalue weighted by Crippen LogP contribution is 2.23. The standard InChI is InChI=1S/C12H19NOS/c1-9(12-3-2-8-15-12)13-10-4-6-11(14)7-5-10/h2-3,8-11,13-14H,4-7H2,1H3/t9-,10?,11?/m0/s1. The van der Waals surface area contributed by atoms with E-state index in [0.717, 1.165) is 25.7 Å². The van der Waals surface area contributed by atoms with E-state index in [4.69, 9.17) is 0 Å². The Labute approximate surface area is 95.3 Å². The Bertz CT molecular complexity index is 278. The quantitative estimate of drug-likeness (QED) is 0.829. The van der Waals surface area contributed by atoms with E-state index in [2.05, 4.69) is 29.8 Å². The third kappa shape index (κ3) is 3.03. The molecule has 2 nitrogen and oxygen atoms in total. The average Bonchev–Trinajstić information content (AvgIpc) is 2.74. The van der Waals surface area contributed by atoms with Gasteiger partial charge in [-0.25, -0.2) is 0 Å².